The van der Waals surface area contributed by atoms with Crippen molar-refractivity contribution in [2.45, 2.75) is 32.5 Å². The first-order valence-electron chi connectivity index (χ1n) is 5.39. The fraction of sp³-hybridized carbons (Fsp3) is 0.667. The molecule has 18 heavy (non-hydrogen) atoms. The number of nitrogens with one attached hydrogen (secondary N) is 1. The molecular weight excluding hydrogens is 267 g/mol. The number of nitrogens with zero attached hydrogens (tertiary/aromatic N) is 4. The number of hydrogen-bond donors (Lipinski definition) is 1. The highest BCUT2D eigenvalue weighted by molar-refractivity contribution is 7.16. The molecule has 0 aromatic carbocycles. The Morgan fingerprint density at radius 2 is 2.06 bits per heavy atom. The van der Waals surface area contributed by atoms with E-state index in [2.05, 4.69) is 20.6 Å². The summed E-state index contributed by atoms with van der Waals surface area (Å²) in [5.74, 6) is -1.07. The van der Waals surface area contributed by atoms with Crippen LogP contribution in [-0.2, 0) is 12.6 Å². The van der Waals surface area contributed by atoms with E-state index in [0.29, 0.717) is 24.0 Å². The van der Waals surface area contributed by atoms with Crippen molar-refractivity contribution in [2.75, 3.05) is 6.54 Å². The Morgan fingerprint density at radius 3 is 2.67 bits per heavy atom. The zero-order valence-electron chi connectivity index (χ0n) is 9.82. The van der Waals surface area contributed by atoms with Crippen molar-refractivity contribution >= 4 is 16.3 Å². The van der Waals surface area contributed by atoms with Crippen LogP contribution in [0.5, 0.6) is 0 Å². The molecule has 0 atom stereocenters. The van der Waals surface area contributed by atoms with Gasteiger partial charge >= 0.3 is 6.18 Å². The van der Waals surface area contributed by atoms with Gasteiger partial charge in [-0.3, -0.25) is 0 Å². The minimum Gasteiger partial charge on any atom is -0.314 e. The Balaban J connectivity index is 2.16. The quantitative estimate of drug-likeness (QED) is 0.926. The maximum atomic E-state index is 12.5. The van der Waals surface area contributed by atoms with Crippen LogP contribution in [0.15, 0.2) is 0 Å². The standard InChI is InChI=1S/C9H12F3N5S/c1-5(2)13-4-3-6-16-17-7(9(10,11)12)14-15-8(17)18-6/h5,13H,3-4H2,1-2H3. The lowest BCUT2D eigenvalue weighted by molar-refractivity contribution is -0.146. The minimum atomic E-state index is -4.53. The fourth-order valence-electron chi connectivity index (χ4n) is 1.40. The molecule has 0 unspecified atom stereocenters. The Hall–Kier alpha value is -1.22. The Kier molecular flexibility index (Phi) is 3.53. The second-order valence-electron chi connectivity index (χ2n) is 4.07. The number of hydrogen-bond acceptors (Lipinski definition) is 5. The molecule has 0 saturated heterocycles. The van der Waals surface area contributed by atoms with E-state index in [1.165, 1.54) is 0 Å². The summed E-state index contributed by atoms with van der Waals surface area (Å²) in [6.45, 7) is 4.67. The van der Waals surface area contributed by atoms with Crippen LogP contribution in [0, 0.1) is 0 Å². The summed E-state index contributed by atoms with van der Waals surface area (Å²) in [5.41, 5.74) is 0. The van der Waals surface area contributed by atoms with Gasteiger partial charge in [0.15, 0.2) is 0 Å². The Labute approximate surface area is 105 Å². The van der Waals surface area contributed by atoms with Crippen LogP contribution < -0.4 is 5.32 Å². The molecule has 0 aliphatic heterocycles. The smallest absolute Gasteiger partial charge is 0.314 e. The van der Waals surface area contributed by atoms with E-state index in [9.17, 15) is 13.2 Å². The van der Waals surface area contributed by atoms with E-state index >= 15 is 0 Å². The van der Waals surface area contributed by atoms with E-state index in [4.69, 9.17) is 0 Å². The maximum Gasteiger partial charge on any atom is 0.453 e. The SMILES string of the molecule is CC(C)NCCc1nn2c(C(F)(F)F)nnc2s1. The fourth-order valence-corrected chi connectivity index (χ4v) is 2.23. The van der Waals surface area contributed by atoms with Crippen molar-refractivity contribution in [1.82, 2.24) is 25.1 Å². The lowest BCUT2D eigenvalue weighted by atomic mass is 10.3. The summed E-state index contributed by atoms with van der Waals surface area (Å²) in [6.07, 6.45) is -3.95. The first-order valence-corrected chi connectivity index (χ1v) is 6.21. The monoisotopic (exact) mass is 279 g/mol. The molecule has 2 rings (SSSR count). The molecule has 9 heteroatoms. The molecule has 2 aromatic heterocycles. The molecule has 0 aliphatic rings. The molecule has 0 bridgehead atoms. The van der Waals surface area contributed by atoms with E-state index in [1.54, 1.807) is 0 Å². The zero-order chi connectivity index (χ0) is 13.3. The molecule has 1 N–H and O–H groups in total. The van der Waals surface area contributed by atoms with Crippen LogP contribution in [0.4, 0.5) is 13.2 Å². The van der Waals surface area contributed by atoms with Gasteiger partial charge in [0.2, 0.25) is 4.96 Å². The summed E-state index contributed by atoms with van der Waals surface area (Å²) >= 11 is 1.12. The third kappa shape index (κ3) is 2.78. The van der Waals surface area contributed by atoms with Gasteiger partial charge in [0.1, 0.15) is 5.01 Å². The predicted molar refractivity (Wildman–Crippen MR) is 60.5 cm³/mol. The first-order chi connectivity index (χ1) is 8.38. The molecule has 0 spiro atoms. The number of aromatic nitrogens is 4. The number of rotatable bonds is 4. The van der Waals surface area contributed by atoms with Gasteiger partial charge in [0, 0.05) is 19.0 Å². The second-order valence-corrected chi connectivity index (χ2v) is 5.11. The molecule has 0 radical (unpaired) electrons. The van der Waals surface area contributed by atoms with Gasteiger partial charge in [0.25, 0.3) is 5.82 Å². The van der Waals surface area contributed by atoms with Crippen molar-refractivity contribution in [3.8, 4) is 0 Å². The average molecular weight is 279 g/mol. The molecule has 2 heterocycles. The summed E-state index contributed by atoms with van der Waals surface area (Å²) in [7, 11) is 0. The lowest BCUT2D eigenvalue weighted by Crippen LogP contribution is -2.25. The summed E-state index contributed by atoms with van der Waals surface area (Å²) in [6, 6.07) is 0.335. The molecule has 0 aliphatic carbocycles. The lowest BCUT2D eigenvalue weighted by Gasteiger charge is -2.05. The normalized spacial score (nSPS) is 12.8. The number of halogens is 3. The molecule has 0 fully saturated rings. The molecule has 5 nitrogen and oxygen atoms in total. The molecule has 100 valence electrons. The second kappa shape index (κ2) is 4.81. The van der Waals surface area contributed by atoms with Gasteiger partial charge in [-0.2, -0.15) is 22.8 Å². The Bertz CT molecular complexity index is 530. The Morgan fingerprint density at radius 1 is 1.33 bits per heavy atom. The van der Waals surface area contributed by atoms with Crippen LogP contribution in [0.1, 0.15) is 24.7 Å². The molecule has 0 amide bonds. The van der Waals surface area contributed by atoms with Crippen LogP contribution >= 0.6 is 11.3 Å². The molecule has 2 aromatic rings. The number of fused-ring (bicyclic) bond motifs is 1. The topological polar surface area (TPSA) is 55.1 Å². The maximum absolute atomic E-state index is 12.5. The highest BCUT2D eigenvalue weighted by atomic mass is 32.1. The van der Waals surface area contributed by atoms with Gasteiger partial charge in [0.05, 0.1) is 0 Å². The summed E-state index contributed by atoms with van der Waals surface area (Å²) in [4.78, 5) is 0.168. The van der Waals surface area contributed by atoms with Crippen LogP contribution in [-0.4, -0.2) is 32.4 Å². The van der Waals surface area contributed by atoms with Crippen molar-refractivity contribution in [3.63, 3.8) is 0 Å². The first kappa shape index (κ1) is 13.2. The number of alkyl halides is 3. The van der Waals surface area contributed by atoms with Crippen molar-refractivity contribution < 1.29 is 13.2 Å². The third-order valence-corrected chi connectivity index (χ3v) is 3.14. The summed E-state index contributed by atoms with van der Waals surface area (Å²) in [5, 5.41) is 14.2. The van der Waals surface area contributed by atoms with Crippen LogP contribution in [0.2, 0.25) is 0 Å². The minimum absolute atomic E-state index is 0.168. The van der Waals surface area contributed by atoms with E-state index in [1.807, 2.05) is 13.8 Å². The largest absolute Gasteiger partial charge is 0.453 e. The van der Waals surface area contributed by atoms with E-state index in [0.717, 1.165) is 15.9 Å². The summed E-state index contributed by atoms with van der Waals surface area (Å²) < 4.78 is 38.4. The van der Waals surface area contributed by atoms with Crippen LogP contribution in [0.3, 0.4) is 0 Å². The van der Waals surface area contributed by atoms with E-state index < -0.39 is 12.0 Å². The predicted octanol–water partition coefficient (Wildman–Crippen LogP) is 1.75. The van der Waals surface area contributed by atoms with Crippen molar-refractivity contribution in [2.24, 2.45) is 0 Å². The highest BCUT2D eigenvalue weighted by Gasteiger charge is 2.38. The van der Waals surface area contributed by atoms with E-state index in [-0.39, 0.29) is 4.96 Å². The molecule has 0 saturated carbocycles. The molecular formula is C9H12F3N5S. The van der Waals surface area contributed by atoms with Gasteiger partial charge in [-0.25, -0.2) is 0 Å². The van der Waals surface area contributed by atoms with Crippen molar-refractivity contribution in [1.29, 1.82) is 0 Å². The van der Waals surface area contributed by atoms with Crippen molar-refractivity contribution in [3.05, 3.63) is 10.8 Å². The average Bonchev–Trinajstić information content (AvgIpc) is 2.73. The highest BCUT2D eigenvalue weighted by Crippen LogP contribution is 2.28. The zero-order valence-corrected chi connectivity index (χ0v) is 10.6. The van der Waals surface area contributed by atoms with Gasteiger partial charge < -0.3 is 5.32 Å². The van der Waals surface area contributed by atoms with Gasteiger partial charge in [-0.15, -0.1) is 10.2 Å². The van der Waals surface area contributed by atoms with Gasteiger partial charge in [-0.05, 0) is 0 Å². The van der Waals surface area contributed by atoms with Crippen LogP contribution in [0.25, 0.3) is 4.96 Å². The van der Waals surface area contributed by atoms with Gasteiger partial charge in [-0.1, -0.05) is 25.2 Å². The third-order valence-electron chi connectivity index (χ3n) is 2.18.